The normalized spacial score (nSPS) is 30.6. The van der Waals surface area contributed by atoms with Gasteiger partial charge in [0.05, 0.1) is 12.6 Å². The van der Waals surface area contributed by atoms with E-state index in [-0.39, 0.29) is 19.1 Å². The average Bonchev–Trinajstić information content (AvgIpc) is 2.21. The number of aliphatic hydroxyl groups is 1. The van der Waals surface area contributed by atoms with E-state index >= 15 is 0 Å². The zero-order valence-electron chi connectivity index (χ0n) is 10.1. The van der Waals surface area contributed by atoms with Crippen molar-refractivity contribution in [2.24, 2.45) is 0 Å². The third-order valence-corrected chi connectivity index (χ3v) is 2.96. The Morgan fingerprint density at radius 2 is 1.93 bits per heavy atom. The van der Waals surface area contributed by atoms with Crippen molar-refractivity contribution in [2.45, 2.75) is 58.0 Å². The predicted octanol–water partition coefficient (Wildman–Crippen LogP) is 2.51. The highest BCUT2D eigenvalue weighted by Gasteiger charge is 2.46. The SMILES string of the molecule is CC.CCC1N(C)C(CO)CCC1(F)F. The molecular formula is C11H23F2NO. The number of hydrogen-bond donors (Lipinski definition) is 1. The van der Waals surface area contributed by atoms with Crippen molar-refractivity contribution >= 4 is 0 Å². The summed E-state index contributed by atoms with van der Waals surface area (Å²) in [5, 5.41) is 8.96. The van der Waals surface area contributed by atoms with E-state index in [1.165, 1.54) is 0 Å². The number of likely N-dealkylation sites (tertiary alicyclic amines) is 1. The zero-order valence-corrected chi connectivity index (χ0v) is 10.1. The van der Waals surface area contributed by atoms with Gasteiger partial charge in [-0.15, -0.1) is 0 Å². The molecule has 1 N–H and O–H groups in total. The molecule has 92 valence electrons. The minimum Gasteiger partial charge on any atom is -0.395 e. The number of piperidine rings is 1. The Morgan fingerprint density at radius 3 is 2.33 bits per heavy atom. The van der Waals surface area contributed by atoms with Crippen LogP contribution in [0.15, 0.2) is 0 Å². The highest BCUT2D eigenvalue weighted by atomic mass is 19.3. The highest BCUT2D eigenvalue weighted by Crippen LogP contribution is 2.36. The summed E-state index contributed by atoms with van der Waals surface area (Å²) in [5.74, 6) is -2.59. The second kappa shape index (κ2) is 6.38. The van der Waals surface area contributed by atoms with Crippen molar-refractivity contribution in [3.05, 3.63) is 0 Å². The van der Waals surface area contributed by atoms with Crippen molar-refractivity contribution in [1.82, 2.24) is 4.90 Å². The van der Waals surface area contributed by atoms with Gasteiger partial charge in [0, 0.05) is 12.5 Å². The quantitative estimate of drug-likeness (QED) is 0.777. The molecule has 0 spiro atoms. The molecule has 0 aliphatic carbocycles. The molecule has 0 amide bonds. The Bertz CT molecular complexity index is 176. The third kappa shape index (κ3) is 3.38. The molecule has 2 unspecified atom stereocenters. The van der Waals surface area contributed by atoms with Gasteiger partial charge in [-0.25, -0.2) is 8.78 Å². The van der Waals surface area contributed by atoms with Gasteiger partial charge < -0.3 is 5.11 Å². The van der Waals surface area contributed by atoms with Crippen LogP contribution >= 0.6 is 0 Å². The Kier molecular flexibility index (Phi) is 6.29. The zero-order chi connectivity index (χ0) is 12.1. The smallest absolute Gasteiger partial charge is 0.263 e. The lowest BCUT2D eigenvalue weighted by molar-refractivity contribution is -0.129. The van der Waals surface area contributed by atoms with E-state index in [0.29, 0.717) is 12.8 Å². The van der Waals surface area contributed by atoms with E-state index in [9.17, 15) is 8.78 Å². The number of hydrogen-bond acceptors (Lipinski definition) is 2. The molecule has 0 radical (unpaired) electrons. The van der Waals surface area contributed by atoms with Gasteiger partial charge in [-0.05, 0) is 19.9 Å². The highest BCUT2D eigenvalue weighted by molar-refractivity contribution is 4.92. The first-order chi connectivity index (χ1) is 7.03. The van der Waals surface area contributed by atoms with Gasteiger partial charge in [-0.2, -0.15) is 0 Å². The Morgan fingerprint density at radius 1 is 1.40 bits per heavy atom. The van der Waals surface area contributed by atoms with Crippen molar-refractivity contribution < 1.29 is 13.9 Å². The van der Waals surface area contributed by atoms with E-state index in [0.717, 1.165) is 0 Å². The third-order valence-electron chi connectivity index (χ3n) is 2.96. The van der Waals surface area contributed by atoms with Crippen LogP contribution in [0, 0.1) is 0 Å². The van der Waals surface area contributed by atoms with Crippen LogP contribution in [0.1, 0.15) is 40.0 Å². The predicted molar refractivity (Wildman–Crippen MR) is 58.2 cm³/mol. The fourth-order valence-electron chi connectivity index (χ4n) is 2.09. The fraction of sp³-hybridized carbons (Fsp3) is 1.00. The van der Waals surface area contributed by atoms with E-state index in [1.54, 1.807) is 18.9 Å². The standard InChI is InChI=1S/C9H17F2NO.C2H6/c1-3-8-9(10,11)5-4-7(6-13)12(8)2;1-2/h7-8,13H,3-6H2,1-2H3;1-2H3. The topological polar surface area (TPSA) is 23.5 Å². The number of rotatable bonds is 2. The summed E-state index contributed by atoms with van der Waals surface area (Å²) in [7, 11) is 1.67. The fourth-order valence-corrected chi connectivity index (χ4v) is 2.09. The molecule has 1 aliphatic rings. The summed E-state index contributed by atoms with van der Waals surface area (Å²) < 4.78 is 26.6. The van der Waals surface area contributed by atoms with Crippen LogP contribution in [-0.2, 0) is 0 Å². The molecule has 4 heteroatoms. The molecule has 0 aromatic heterocycles. The maximum Gasteiger partial charge on any atom is 0.263 e. The van der Waals surface area contributed by atoms with Gasteiger partial charge in [-0.1, -0.05) is 20.8 Å². The first-order valence-corrected chi connectivity index (χ1v) is 5.73. The van der Waals surface area contributed by atoms with Gasteiger partial charge in [0.25, 0.3) is 5.92 Å². The lowest BCUT2D eigenvalue weighted by Gasteiger charge is -2.43. The molecule has 0 saturated carbocycles. The molecule has 0 aromatic rings. The summed E-state index contributed by atoms with van der Waals surface area (Å²) in [6, 6.07) is -0.803. The van der Waals surface area contributed by atoms with E-state index in [1.807, 2.05) is 13.8 Å². The molecule has 0 bridgehead atoms. The van der Waals surface area contributed by atoms with Crippen molar-refractivity contribution in [1.29, 1.82) is 0 Å². The molecule has 1 fully saturated rings. The summed E-state index contributed by atoms with van der Waals surface area (Å²) in [5.41, 5.74) is 0. The molecule has 0 aromatic carbocycles. The maximum atomic E-state index is 13.3. The van der Waals surface area contributed by atoms with Crippen LogP contribution in [0.2, 0.25) is 0 Å². The van der Waals surface area contributed by atoms with Crippen molar-refractivity contribution in [3.63, 3.8) is 0 Å². The number of halogens is 2. The van der Waals surface area contributed by atoms with E-state index in [4.69, 9.17) is 5.11 Å². The molecule has 2 atom stereocenters. The van der Waals surface area contributed by atoms with Crippen LogP contribution < -0.4 is 0 Å². The Hall–Kier alpha value is -0.220. The molecule has 1 heterocycles. The van der Waals surface area contributed by atoms with Crippen LogP contribution in [0.3, 0.4) is 0 Å². The number of likely N-dealkylation sites (N-methyl/N-ethyl adjacent to an activating group) is 1. The van der Waals surface area contributed by atoms with Gasteiger partial charge >= 0.3 is 0 Å². The molecule has 15 heavy (non-hydrogen) atoms. The number of aliphatic hydroxyl groups excluding tert-OH is 1. The van der Waals surface area contributed by atoms with Gasteiger partial charge in [-0.3, -0.25) is 4.90 Å². The monoisotopic (exact) mass is 223 g/mol. The van der Waals surface area contributed by atoms with Crippen molar-refractivity contribution in [2.75, 3.05) is 13.7 Å². The second-order valence-corrected chi connectivity index (χ2v) is 3.73. The molecular weight excluding hydrogens is 200 g/mol. The molecule has 1 rings (SSSR count). The van der Waals surface area contributed by atoms with Crippen molar-refractivity contribution in [3.8, 4) is 0 Å². The summed E-state index contributed by atoms with van der Waals surface area (Å²) in [6.07, 6.45) is 0.720. The average molecular weight is 223 g/mol. The first-order valence-electron chi connectivity index (χ1n) is 5.73. The Labute approximate surface area is 91.3 Å². The van der Waals surface area contributed by atoms with Crippen LogP contribution in [0.5, 0.6) is 0 Å². The van der Waals surface area contributed by atoms with Crippen LogP contribution in [-0.4, -0.2) is 41.7 Å². The molecule has 2 nitrogen and oxygen atoms in total. The van der Waals surface area contributed by atoms with Gasteiger partial charge in [0.1, 0.15) is 0 Å². The molecule has 1 aliphatic heterocycles. The minimum atomic E-state index is -2.59. The second-order valence-electron chi connectivity index (χ2n) is 3.73. The van der Waals surface area contributed by atoms with E-state index < -0.39 is 12.0 Å². The van der Waals surface area contributed by atoms with E-state index in [2.05, 4.69) is 0 Å². The Balaban J connectivity index is 0.000000921. The lowest BCUT2D eigenvalue weighted by atomic mass is 9.91. The summed E-state index contributed by atoms with van der Waals surface area (Å²) >= 11 is 0. The summed E-state index contributed by atoms with van der Waals surface area (Å²) in [6.45, 7) is 5.73. The van der Waals surface area contributed by atoms with Gasteiger partial charge in [0.2, 0.25) is 0 Å². The number of alkyl halides is 2. The maximum absolute atomic E-state index is 13.3. The lowest BCUT2D eigenvalue weighted by Crippen LogP contribution is -2.55. The van der Waals surface area contributed by atoms with Crippen LogP contribution in [0.4, 0.5) is 8.78 Å². The number of nitrogens with zero attached hydrogens (tertiary/aromatic N) is 1. The van der Waals surface area contributed by atoms with Gasteiger partial charge in [0.15, 0.2) is 0 Å². The van der Waals surface area contributed by atoms with Crippen LogP contribution in [0.25, 0.3) is 0 Å². The summed E-state index contributed by atoms with van der Waals surface area (Å²) in [4.78, 5) is 1.61. The first kappa shape index (κ1) is 14.8. The molecule has 1 saturated heterocycles. The largest absolute Gasteiger partial charge is 0.395 e. The minimum absolute atomic E-state index is 0.0247.